The lowest BCUT2D eigenvalue weighted by Gasteiger charge is -2.36. The van der Waals surface area contributed by atoms with Crippen LogP contribution in [0.1, 0.15) is 55.6 Å². The topological polar surface area (TPSA) is 70.5 Å². The minimum atomic E-state index is 0.304. The fourth-order valence-electron chi connectivity index (χ4n) is 5.08. The maximum absolute atomic E-state index is 10.5. The number of hydrogen-bond donors (Lipinski definition) is 2. The average Bonchev–Trinajstić information content (AvgIpc) is 3.61. The molecule has 166 valence electrons. The molecular weight excluding hydrogens is 388 g/mol. The summed E-state index contributed by atoms with van der Waals surface area (Å²) in [6.45, 7) is 7.31. The third-order valence-electron chi connectivity index (χ3n) is 7.02. The van der Waals surface area contributed by atoms with Crippen molar-refractivity contribution in [1.82, 2.24) is 15.1 Å². The van der Waals surface area contributed by atoms with E-state index in [0.29, 0.717) is 17.7 Å². The second-order valence-electron chi connectivity index (χ2n) is 9.61. The van der Waals surface area contributed by atoms with Gasteiger partial charge < -0.3 is 20.1 Å². The number of aryl methyl sites for hydroxylation is 1. The third-order valence-corrected chi connectivity index (χ3v) is 7.02. The van der Waals surface area contributed by atoms with Crippen LogP contribution in [0.25, 0.3) is 11.3 Å². The number of benzene rings is 1. The van der Waals surface area contributed by atoms with Crippen molar-refractivity contribution in [3.8, 4) is 17.0 Å². The molecule has 0 amide bonds. The first-order valence-electron chi connectivity index (χ1n) is 11.9. The Hall–Kier alpha value is -2.18. The van der Waals surface area contributed by atoms with Crippen LogP contribution in [-0.4, -0.2) is 59.1 Å². The summed E-state index contributed by atoms with van der Waals surface area (Å²) in [5, 5.41) is 23.1. The highest BCUT2D eigenvalue weighted by atomic mass is 16.5. The first-order valence-corrected chi connectivity index (χ1v) is 11.9. The van der Waals surface area contributed by atoms with Gasteiger partial charge in [0.1, 0.15) is 11.6 Å². The number of nitrogens with zero attached hydrogens (tertiary/aromatic N) is 3. The summed E-state index contributed by atoms with van der Waals surface area (Å²) in [5.41, 5.74) is 3.78. The number of aromatic hydroxyl groups is 1. The summed E-state index contributed by atoms with van der Waals surface area (Å²) in [4.78, 5) is 2.60. The molecular formula is C25H34N4O2. The molecule has 0 radical (unpaired) electrons. The maximum Gasteiger partial charge on any atom is 0.149 e. The first-order chi connectivity index (χ1) is 15.2. The SMILES string of the molecule is Cc1cc(NC2CCCN(CC3CCOCC3)C2)nnc1-c1ccc(C2CC2)cc1O. The van der Waals surface area contributed by atoms with Crippen LogP contribution in [0, 0.1) is 12.8 Å². The van der Waals surface area contributed by atoms with E-state index in [-0.39, 0.29) is 0 Å². The fourth-order valence-corrected chi connectivity index (χ4v) is 5.08. The van der Waals surface area contributed by atoms with Gasteiger partial charge in [0.2, 0.25) is 0 Å². The molecule has 2 aliphatic heterocycles. The quantitative estimate of drug-likeness (QED) is 0.722. The zero-order valence-corrected chi connectivity index (χ0v) is 18.5. The highest BCUT2D eigenvalue weighted by Gasteiger charge is 2.26. The minimum absolute atomic E-state index is 0.304. The van der Waals surface area contributed by atoms with Crippen molar-refractivity contribution in [1.29, 1.82) is 0 Å². The van der Waals surface area contributed by atoms with E-state index >= 15 is 0 Å². The van der Waals surface area contributed by atoms with Gasteiger partial charge in [-0.1, -0.05) is 6.07 Å². The monoisotopic (exact) mass is 422 g/mol. The van der Waals surface area contributed by atoms with E-state index in [2.05, 4.69) is 32.5 Å². The molecule has 6 heteroatoms. The van der Waals surface area contributed by atoms with Crippen LogP contribution in [0.3, 0.4) is 0 Å². The van der Waals surface area contributed by atoms with Gasteiger partial charge >= 0.3 is 0 Å². The van der Waals surface area contributed by atoms with Gasteiger partial charge in [-0.05, 0) is 93.2 Å². The lowest BCUT2D eigenvalue weighted by atomic mass is 9.97. The Morgan fingerprint density at radius 1 is 1.10 bits per heavy atom. The van der Waals surface area contributed by atoms with Gasteiger partial charge in [0, 0.05) is 37.9 Å². The standard InChI is InChI=1S/C25H34N4O2/c1-17-13-24(26-21-3-2-10-29(16-21)15-18-8-11-31-12-9-18)27-28-25(17)22-7-6-20(14-23(22)30)19-4-5-19/h6-7,13-14,18-19,21,30H,2-5,8-12,15-16H2,1H3,(H,26,27). The molecule has 1 aliphatic carbocycles. The van der Waals surface area contributed by atoms with Crippen molar-refractivity contribution < 1.29 is 9.84 Å². The predicted molar refractivity (Wildman–Crippen MR) is 122 cm³/mol. The van der Waals surface area contributed by atoms with Crippen LogP contribution < -0.4 is 5.32 Å². The second kappa shape index (κ2) is 9.13. The van der Waals surface area contributed by atoms with E-state index in [1.807, 2.05) is 19.1 Å². The van der Waals surface area contributed by atoms with E-state index in [0.717, 1.165) is 54.7 Å². The van der Waals surface area contributed by atoms with Gasteiger partial charge in [0.15, 0.2) is 0 Å². The molecule has 31 heavy (non-hydrogen) atoms. The molecule has 6 nitrogen and oxygen atoms in total. The molecule has 2 N–H and O–H groups in total. The van der Waals surface area contributed by atoms with Gasteiger partial charge in [0.25, 0.3) is 0 Å². The van der Waals surface area contributed by atoms with Crippen LogP contribution >= 0.6 is 0 Å². The normalized spacial score (nSPS) is 23.1. The van der Waals surface area contributed by atoms with E-state index in [4.69, 9.17) is 4.74 Å². The van der Waals surface area contributed by atoms with E-state index in [1.54, 1.807) is 0 Å². The van der Waals surface area contributed by atoms with Gasteiger partial charge in [-0.3, -0.25) is 0 Å². The number of likely N-dealkylation sites (tertiary alicyclic amines) is 1. The number of nitrogens with one attached hydrogen (secondary N) is 1. The molecule has 2 aromatic rings. The summed E-state index contributed by atoms with van der Waals surface area (Å²) in [6, 6.07) is 8.47. The zero-order chi connectivity index (χ0) is 21.2. The number of rotatable bonds is 6. The average molecular weight is 423 g/mol. The molecule has 3 fully saturated rings. The van der Waals surface area contributed by atoms with Crippen molar-refractivity contribution in [2.45, 2.75) is 57.4 Å². The largest absolute Gasteiger partial charge is 0.507 e. The number of phenolic OH excluding ortho intramolecular Hbond substituents is 1. The molecule has 3 aliphatic rings. The van der Waals surface area contributed by atoms with Crippen molar-refractivity contribution >= 4 is 5.82 Å². The summed E-state index contributed by atoms with van der Waals surface area (Å²) >= 11 is 0. The maximum atomic E-state index is 10.5. The summed E-state index contributed by atoms with van der Waals surface area (Å²) in [5.74, 6) is 2.53. The number of hydrogen-bond acceptors (Lipinski definition) is 6. The molecule has 1 saturated carbocycles. The number of anilines is 1. The summed E-state index contributed by atoms with van der Waals surface area (Å²) < 4.78 is 5.51. The van der Waals surface area contributed by atoms with Crippen molar-refractivity contribution in [3.05, 3.63) is 35.4 Å². The van der Waals surface area contributed by atoms with E-state index in [1.165, 1.54) is 50.8 Å². The molecule has 3 heterocycles. The van der Waals surface area contributed by atoms with Gasteiger partial charge in [0.05, 0.1) is 5.69 Å². The highest BCUT2D eigenvalue weighted by molar-refractivity contribution is 5.70. The zero-order valence-electron chi connectivity index (χ0n) is 18.5. The van der Waals surface area contributed by atoms with Gasteiger partial charge in [-0.2, -0.15) is 0 Å². The Morgan fingerprint density at radius 3 is 2.68 bits per heavy atom. The molecule has 0 spiro atoms. The lowest BCUT2D eigenvalue weighted by Crippen LogP contribution is -2.44. The number of ether oxygens (including phenoxy) is 1. The van der Waals surface area contributed by atoms with Crippen molar-refractivity contribution in [2.75, 3.05) is 38.2 Å². The highest BCUT2D eigenvalue weighted by Crippen LogP contribution is 2.43. The Kier molecular flexibility index (Phi) is 6.10. The third kappa shape index (κ3) is 5.01. The Morgan fingerprint density at radius 2 is 1.94 bits per heavy atom. The molecule has 0 bridgehead atoms. The van der Waals surface area contributed by atoms with Crippen LogP contribution in [-0.2, 0) is 4.74 Å². The molecule has 1 aromatic heterocycles. The molecule has 2 saturated heterocycles. The van der Waals surface area contributed by atoms with E-state index < -0.39 is 0 Å². The van der Waals surface area contributed by atoms with Gasteiger partial charge in [-0.25, -0.2) is 0 Å². The Labute approximate surface area is 185 Å². The smallest absolute Gasteiger partial charge is 0.149 e. The minimum Gasteiger partial charge on any atom is -0.507 e. The lowest BCUT2D eigenvalue weighted by molar-refractivity contribution is 0.0490. The second-order valence-corrected chi connectivity index (χ2v) is 9.61. The van der Waals surface area contributed by atoms with Gasteiger partial charge in [-0.15, -0.1) is 10.2 Å². The number of piperidine rings is 1. The molecule has 5 rings (SSSR count). The number of phenols is 1. The van der Waals surface area contributed by atoms with Crippen LogP contribution in [0.2, 0.25) is 0 Å². The van der Waals surface area contributed by atoms with Crippen molar-refractivity contribution in [2.24, 2.45) is 5.92 Å². The Balaban J connectivity index is 1.22. The molecule has 1 unspecified atom stereocenters. The van der Waals surface area contributed by atoms with Crippen LogP contribution in [0.4, 0.5) is 5.82 Å². The first kappa shape index (κ1) is 20.7. The van der Waals surface area contributed by atoms with Crippen LogP contribution in [0.5, 0.6) is 5.75 Å². The molecule has 1 atom stereocenters. The number of aromatic nitrogens is 2. The summed E-state index contributed by atoms with van der Waals surface area (Å²) in [7, 11) is 0. The van der Waals surface area contributed by atoms with Crippen LogP contribution in [0.15, 0.2) is 24.3 Å². The molecule has 1 aromatic carbocycles. The summed E-state index contributed by atoms with van der Waals surface area (Å²) in [6.07, 6.45) is 7.21. The predicted octanol–water partition coefficient (Wildman–Crippen LogP) is 4.34. The fraction of sp³-hybridized carbons (Fsp3) is 0.600. The van der Waals surface area contributed by atoms with Crippen molar-refractivity contribution in [3.63, 3.8) is 0 Å². The Bertz CT molecular complexity index is 908. The van der Waals surface area contributed by atoms with E-state index in [9.17, 15) is 5.11 Å².